The molecule has 4 N–H and O–H groups in total. The number of aliphatic hydroxyl groups is 1. The number of carbonyl (C=O) groups excluding carboxylic acids is 3. The lowest BCUT2D eigenvalue weighted by Gasteiger charge is -2.24. The van der Waals surface area contributed by atoms with E-state index in [0.29, 0.717) is 6.54 Å². The molecule has 2 heterocycles. The first-order valence-corrected chi connectivity index (χ1v) is 16.8. The Hall–Kier alpha value is -6.02. The molecule has 53 heavy (non-hydrogen) atoms. The molecule has 0 bridgehead atoms. The number of nitrogens with one attached hydrogen (secondary N) is 1. The molecule has 282 valence electrons. The number of aliphatic hydroxyl groups excluding tert-OH is 1. The van der Waals surface area contributed by atoms with Crippen molar-refractivity contribution in [2.24, 2.45) is 0 Å². The van der Waals surface area contributed by atoms with Crippen LogP contribution in [0.4, 0.5) is 10.5 Å². The first-order chi connectivity index (χ1) is 25.1. The Kier molecular flexibility index (Phi) is 15.3. The SMILES string of the molecule is CC(C)(C)OC(=O)N1CC[C@@H](Nc2cccc3cnccc23)C1.CC(C)O.O=C(O[C@H](C(=O)O)[C@H](OC(=O)c1ccccc1)C(=O)O)c1ccccc1. The zero-order chi connectivity index (χ0) is 39.1. The summed E-state index contributed by atoms with van der Waals surface area (Å²) in [6.07, 6.45) is -0.248. The molecule has 14 nitrogen and oxygen atoms in total. The van der Waals surface area contributed by atoms with Gasteiger partial charge in [-0.2, -0.15) is 0 Å². The molecule has 3 aromatic carbocycles. The van der Waals surface area contributed by atoms with Crippen molar-refractivity contribution in [1.82, 2.24) is 9.88 Å². The molecule has 1 aliphatic rings. The van der Waals surface area contributed by atoms with Gasteiger partial charge in [0.2, 0.25) is 12.2 Å². The summed E-state index contributed by atoms with van der Waals surface area (Å²) in [5.41, 5.74) is 0.682. The van der Waals surface area contributed by atoms with Crippen molar-refractivity contribution < 1.29 is 53.5 Å². The topological polar surface area (TPSA) is 202 Å². The standard InChI is InChI=1S/C18H23N3O2.C18H14O8.C3H8O/c1-18(2,3)23-17(22)21-10-8-14(12-21)20-16-6-4-5-13-11-19-9-7-15(13)16;19-15(20)13(25-17(23)11-7-3-1-4-8-11)14(16(21)22)26-18(24)12-9-5-2-6-10-12;1-3(2)4/h4-7,9,11,14,20H,8,10,12H2,1-3H3;1-10,13-14H,(H,19,20)(H,21,22);3-4H,1-2H3/t14-;13-,14-;/m10./s1. The third-order valence-electron chi connectivity index (χ3n) is 7.13. The molecule has 0 radical (unpaired) electrons. The van der Waals surface area contributed by atoms with Crippen molar-refractivity contribution in [2.75, 3.05) is 18.4 Å². The number of benzene rings is 3. The zero-order valence-corrected chi connectivity index (χ0v) is 30.2. The minimum absolute atomic E-state index is 0.0253. The number of carbonyl (C=O) groups is 5. The molecule has 0 aliphatic carbocycles. The van der Waals surface area contributed by atoms with E-state index in [9.17, 15) is 34.2 Å². The number of ether oxygens (including phenoxy) is 3. The van der Waals surface area contributed by atoms with Crippen LogP contribution in [0.2, 0.25) is 0 Å². The van der Waals surface area contributed by atoms with Crippen LogP contribution >= 0.6 is 0 Å². The number of amides is 1. The van der Waals surface area contributed by atoms with E-state index in [4.69, 9.17) is 19.3 Å². The van der Waals surface area contributed by atoms with E-state index in [1.165, 1.54) is 48.5 Å². The second-order valence-corrected chi connectivity index (χ2v) is 13.1. The second-order valence-electron chi connectivity index (χ2n) is 13.1. The van der Waals surface area contributed by atoms with Crippen LogP contribution < -0.4 is 5.32 Å². The number of fused-ring (bicyclic) bond motifs is 1. The Morgan fingerprint density at radius 3 is 1.77 bits per heavy atom. The number of carboxylic acid groups (broad SMARTS) is 2. The quantitative estimate of drug-likeness (QED) is 0.122. The number of aromatic nitrogens is 1. The number of anilines is 1. The van der Waals surface area contributed by atoms with Crippen LogP contribution in [0.3, 0.4) is 0 Å². The van der Waals surface area contributed by atoms with E-state index < -0.39 is 41.7 Å². The average molecular weight is 732 g/mol. The maximum Gasteiger partial charge on any atom is 0.410 e. The number of likely N-dealkylation sites (tertiary alicyclic amines) is 1. The van der Waals surface area contributed by atoms with Gasteiger partial charge in [0, 0.05) is 54.1 Å². The minimum Gasteiger partial charge on any atom is -0.478 e. The highest BCUT2D eigenvalue weighted by Crippen LogP contribution is 2.25. The fraction of sp³-hybridized carbons (Fsp3) is 0.333. The number of rotatable bonds is 9. The van der Waals surface area contributed by atoms with Gasteiger partial charge in [0.15, 0.2) is 0 Å². The Balaban J connectivity index is 0.000000261. The number of nitrogens with zero attached hydrogens (tertiary/aromatic N) is 2. The van der Waals surface area contributed by atoms with Crippen LogP contribution in [0.1, 0.15) is 61.8 Å². The van der Waals surface area contributed by atoms with Crippen LogP contribution in [-0.2, 0) is 23.8 Å². The van der Waals surface area contributed by atoms with Gasteiger partial charge in [-0.15, -0.1) is 0 Å². The van der Waals surface area contributed by atoms with E-state index in [-0.39, 0.29) is 29.4 Å². The van der Waals surface area contributed by atoms with Gasteiger partial charge in [0.05, 0.1) is 11.1 Å². The fourth-order valence-corrected chi connectivity index (χ4v) is 4.84. The minimum atomic E-state index is -2.21. The lowest BCUT2D eigenvalue weighted by atomic mass is 10.1. The third kappa shape index (κ3) is 13.6. The summed E-state index contributed by atoms with van der Waals surface area (Å²) in [5, 5.41) is 32.4. The molecule has 1 fully saturated rings. The number of hydrogen-bond donors (Lipinski definition) is 4. The molecule has 1 aliphatic heterocycles. The maximum absolute atomic E-state index is 12.1. The van der Waals surface area contributed by atoms with Crippen LogP contribution in [0.5, 0.6) is 0 Å². The summed E-state index contributed by atoms with van der Waals surface area (Å²) in [5.74, 6) is -5.63. The summed E-state index contributed by atoms with van der Waals surface area (Å²) in [6, 6.07) is 23.2. The maximum atomic E-state index is 12.1. The van der Waals surface area contributed by atoms with E-state index in [2.05, 4.69) is 22.4 Å². The monoisotopic (exact) mass is 731 g/mol. The Bertz CT molecular complexity index is 1750. The zero-order valence-electron chi connectivity index (χ0n) is 30.2. The van der Waals surface area contributed by atoms with Crippen molar-refractivity contribution >= 4 is 46.4 Å². The third-order valence-corrected chi connectivity index (χ3v) is 7.13. The Morgan fingerprint density at radius 2 is 1.30 bits per heavy atom. The predicted molar refractivity (Wildman–Crippen MR) is 195 cm³/mol. The van der Waals surface area contributed by atoms with Gasteiger partial charge >= 0.3 is 30.0 Å². The average Bonchev–Trinajstić information content (AvgIpc) is 3.58. The molecule has 1 saturated heterocycles. The first-order valence-electron chi connectivity index (χ1n) is 16.8. The van der Waals surface area contributed by atoms with Gasteiger partial charge in [-0.3, -0.25) is 4.98 Å². The van der Waals surface area contributed by atoms with Crippen LogP contribution in [0, 0.1) is 0 Å². The van der Waals surface area contributed by atoms with E-state index in [0.717, 1.165) is 29.4 Å². The molecule has 0 unspecified atom stereocenters. The van der Waals surface area contributed by atoms with Crippen LogP contribution in [0.15, 0.2) is 97.3 Å². The van der Waals surface area contributed by atoms with Gasteiger partial charge < -0.3 is 39.7 Å². The van der Waals surface area contributed by atoms with Crippen molar-refractivity contribution in [3.63, 3.8) is 0 Å². The number of aliphatic carboxylic acids is 2. The smallest absolute Gasteiger partial charge is 0.410 e. The molecular formula is C39H45N3O11. The molecule has 4 aromatic rings. The van der Waals surface area contributed by atoms with Gasteiger partial charge in [0.1, 0.15) is 5.60 Å². The molecule has 0 spiro atoms. The summed E-state index contributed by atoms with van der Waals surface area (Å²) in [4.78, 5) is 64.9. The highest BCUT2D eigenvalue weighted by Gasteiger charge is 2.41. The molecule has 1 amide bonds. The van der Waals surface area contributed by atoms with Crippen molar-refractivity contribution in [1.29, 1.82) is 0 Å². The number of hydrogen-bond acceptors (Lipinski definition) is 11. The number of pyridine rings is 1. The second kappa shape index (κ2) is 19.6. The van der Waals surface area contributed by atoms with Gasteiger partial charge in [0.25, 0.3) is 0 Å². The lowest BCUT2D eigenvalue weighted by Crippen LogP contribution is -2.45. The highest BCUT2D eigenvalue weighted by atomic mass is 16.6. The lowest BCUT2D eigenvalue weighted by molar-refractivity contribution is -0.166. The highest BCUT2D eigenvalue weighted by molar-refractivity contribution is 5.95. The van der Waals surface area contributed by atoms with Crippen LogP contribution in [0.25, 0.3) is 10.8 Å². The van der Waals surface area contributed by atoms with Crippen LogP contribution in [-0.4, -0.2) is 98.2 Å². The van der Waals surface area contributed by atoms with Gasteiger partial charge in [-0.05, 0) is 77.4 Å². The van der Waals surface area contributed by atoms with Crippen molar-refractivity contribution in [3.8, 4) is 0 Å². The Labute approximate surface area is 307 Å². The first kappa shape index (κ1) is 41.4. The number of esters is 2. The molecule has 3 atom stereocenters. The van der Waals surface area contributed by atoms with Crippen molar-refractivity contribution in [2.45, 2.75) is 71.0 Å². The molecule has 14 heteroatoms. The van der Waals surface area contributed by atoms with Gasteiger partial charge in [-0.1, -0.05) is 48.5 Å². The van der Waals surface area contributed by atoms with Gasteiger partial charge in [-0.25, -0.2) is 24.0 Å². The van der Waals surface area contributed by atoms with E-state index in [1.54, 1.807) is 37.1 Å². The molecule has 1 aromatic heterocycles. The Morgan fingerprint density at radius 1 is 0.792 bits per heavy atom. The summed E-state index contributed by atoms with van der Waals surface area (Å²) < 4.78 is 15.0. The normalized spacial score (nSPS) is 14.7. The number of carboxylic acids is 2. The molecule has 5 rings (SSSR count). The summed E-state index contributed by atoms with van der Waals surface area (Å²) >= 11 is 0. The summed E-state index contributed by atoms with van der Waals surface area (Å²) in [7, 11) is 0. The predicted octanol–water partition coefficient (Wildman–Crippen LogP) is 5.65. The van der Waals surface area contributed by atoms with E-state index >= 15 is 0 Å². The van der Waals surface area contributed by atoms with Crippen molar-refractivity contribution in [3.05, 3.63) is 108 Å². The summed E-state index contributed by atoms with van der Waals surface area (Å²) in [6.45, 7) is 10.5. The largest absolute Gasteiger partial charge is 0.478 e. The van der Waals surface area contributed by atoms with E-state index in [1.807, 2.05) is 39.1 Å². The fourth-order valence-electron chi connectivity index (χ4n) is 4.84. The molecule has 0 saturated carbocycles. The molecular weight excluding hydrogens is 686 g/mol.